The minimum Gasteiger partial charge on any atom is -0.492 e. The summed E-state index contributed by atoms with van der Waals surface area (Å²) in [6, 6.07) is 9.60. The third-order valence-corrected chi connectivity index (χ3v) is 4.21. The Morgan fingerprint density at radius 3 is 2.76 bits per heavy atom. The van der Waals surface area contributed by atoms with E-state index in [0.29, 0.717) is 23.9 Å². The van der Waals surface area contributed by atoms with E-state index in [9.17, 15) is 4.79 Å². The van der Waals surface area contributed by atoms with Crippen LogP contribution in [0.5, 0.6) is 5.75 Å². The second-order valence-corrected chi connectivity index (χ2v) is 6.19. The van der Waals surface area contributed by atoms with Crippen LogP contribution < -0.4 is 15.4 Å². The molecule has 1 heterocycles. The number of anilines is 2. The summed E-state index contributed by atoms with van der Waals surface area (Å²) >= 11 is 0. The summed E-state index contributed by atoms with van der Waals surface area (Å²) < 4.78 is 5.62. The molecule has 25 heavy (non-hydrogen) atoms. The fraction of sp³-hybridized carbons (Fsp3) is 0.421. The third kappa shape index (κ3) is 4.47. The molecule has 0 atom stereocenters. The highest BCUT2D eigenvalue weighted by atomic mass is 16.5. The zero-order valence-corrected chi connectivity index (χ0v) is 14.7. The van der Waals surface area contributed by atoms with Gasteiger partial charge in [0.15, 0.2) is 0 Å². The summed E-state index contributed by atoms with van der Waals surface area (Å²) in [7, 11) is 0. The first-order chi connectivity index (χ1) is 12.2. The summed E-state index contributed by atoms with van der Waals surface area (Å²) in [5.41, 5.74) is 1.19. The molecule has 0 bridgehead atoms. The van der Waals surface area contributed by atoms with Crippen molar-refractivity contribution in [1.29, 1.82) is 0 Å². The maximum Gasteiger partial charge on any atom is 0.270 e. The zero-order chi connectivity index (χ0) is 17.6. The van der Waals surface area contributed by atoms with Crippen LogP contribution in [0, 0.1) is 6.92 Å². The number of nitrogens with zero attached hydrogens (tertiary/aromatic N) is 2. The molecule has 0 aliphatic heterocycles. The van der Waals surface area contributed by atoms with Gasteiger partial charge in [0, 0.05) is 12.1 Å². The van der Waals surface area contributed by atoms with E-state index in [1.54, 1.807) is 13.0 Å². The van der Waals surface area contributed by atoms with Crippen LogP contribution in [-0.4, -0.2) is 28.5 Å². The topological polar surface area (TPSA) is 76.1 Å². The molecule has 0 radical (unpaired) electrons. The highest BCUT2D eigenvalue weighted by Gasteiger charge is 2.19. The molecule has 6 nitrogen and oxygen atoms in total. The number of carbonyl (C=O) groups excluding carboxylic acids is 1. The average molecular weight is 340 g/mol. The van der Waals surface area contributed by atoms with E-state index in [1.807, 2.05) is 31.2 Å². The molecule has 1 saturated carbocycles. The number of carbonyl (C=O) groups is 1. The Hall–Kier alpha value is -2.63. The van der Waals surface area contributed by atoms with Crippen molar-refractivity contribution in [3.05, 3.63) is 41.9 Å². The van der Waals surface area contributed by atoms with Gasteiger partial charge in [-0.05, 0) is 38.8 Å². The highest BCUT2D eigenvalue weighted by molar-refractivity contribution is 5.93. The quantitative estimate of drug-likeness (QED) is 0.840. The van der Waals surface area contributed by atoms with Crippen LogP contribution in [0.1, 0.15) is 48.9 Å². The van der Waals surface area contributed by atoms with E-state index in [-0.39, 0.29) is 11.9 Å². The van der Waals surface area contributed by atoms with Crippen molar-refractivity contribution in [2.24, 2.45) is 0 Å². The summed E-state index contributed by atoms with van der Waals surface area (Å²) in [6.07, 6.45) is 4.44. The van der Waals surface area contributed by atoms with E-state index in [0.717, 1.165) is 24.3 Å². The fourth-order valence-electron chi connectivity index (χ4n) is 3.07. The van der Waals surface area contributed by atoms with Crippen LogP contribution in [-0.2, 0) is 0 Å². The molecule has 2 N–H and O–H groups in total. The summed E-state index contributed by atoms with van der Waals surface area (Å²) in [6.45, 7) is 4.31. The van der Waals surface area contributed by atoms with Gasteiger partial charge in [0.25, 0.3) is 5.91 Å². The van der Waals surface area contributed by atoms with Crippen molar-refractivity contribution in [3.63, 3.8) is 0 Å². The molecular formula is C19H24N4O2. The Kier molecular flexibility index (Phi) is 5.48. The molecule has 0 spiro atoms. The van der Waals surface area contributed by atoms with Crippen molar-refractivity contribution < 1.29 is 9.53 Å². The molecule has 1 aromatic heterocycles. The van der Waals surface area contributed by atoms with Crippen LogP contribution in [0.15, 0.2) is 30.3 Å². The number of hydrogen-bond acceptors (Lipinski definition) is 5. The maximum absolute atomic E-state index is 12.5. The molecule has 1 fully saturated rings. The van der Waals surface area contributed by atoms with Crippen LogP contribution in [0.4, 0.5) is 11.5 Å². The van der Waals surface area contributed by atoms with Gasteiger partial charge in [-0.25, -0.2) is 9.97 Å². The van der Waals surface area contributed by atoms with Crippen LogP contribution >= 0.6 is 0 Å². The standard InChI is InChI=1S/C19H24N4O2/c1-3-25-17-11-7-6-10-15(17)23-18-12-16(20-13(2)21-18)19(24)22-14-8-4-5-9-14/h6-7,10-12,14H,3-5,8-9H2,1-2H3,(H,22,24)(H,20,21,23). The fourth-order valence-corrected chi connectivity index (χ4v) is 3.07. The van der Waals surface area contributed by atoms with E-state index >= 15 is 0 Å². The lowest BCUT2D eigenvalue weighted by Gasteiger charge is -2.14. The van der Waals surface area contributed by atoms with E-state index < -0.39 is 0 Å². The Bertz CT molecular complexity index is 742. The van der Waals surface area contributed by atoms with Gasteiger partial charge < -0.3 is 15.4 Å². The average Bonchev–Trinajstić information content (AvgIpc) is 3.09. The van der Waals surface area contributed by atoms with Crippen molar-refractivity contribution in [3.8, 4) is 5.75 Å². The number of ether oxygens (including phenoxy) is 1. The van der Waals surface area contributed by atoms with E-state index in [4.69, 9.17) is 4.74 Å². The molecule has 0 unspecified atom stereocenters. The van der Waals surface area contributed by atoms with Crippen molar-refractivity contribution in [2.75, 3.05) is 11.9 Å². The van der Waals surface area contributed by atoms with Gasteiger partial charge in [0.05, 0.1) is 12.3 Å². The molecule has 1 amide bonds. The third-order valence-electron chi connectivity index (χ3n) is 4.21. The Morgan fingerprint density at radius 1 is 1.24 bits per heavy atom. The summed E-state index contributed by atoms with van der Waals surface area (Å²) in [5, 5.41) is 6.29. The molecule has 1 aromatic carbocycles. The second-order valence-electron chi connectivity index (χ2n) is 6.19. The van der Waals surface area contributed by atoms with Gasteiger partial charge in [0.1, 0.15) is 23.1 Å². The minimum absolute atomic E-state index is 0.140. The van der Waals surface area contributed by atoms with Crippen LogP contribution in [0.25, 0.3) is 0 Å². The predicted molar refractivity (Wildman–Crippen MR) is 97.4 cm³/mol. The smallest absolute Gasteiger partial charge is 0.270 e. The van der Waals surface area contributed by atoms with Gasteiger partial charge in [0.2, 0.25) is 0 Å². The molecule has 2 aromatic rings. The summed E-state index contributed by atoms with van der Waals surface area (Å²) in [5.74, 6) is 1.74. The number of nitrogens with one attached hydrogen (secondary N) is 2. The SMILES string of the molecule is CCOc1ccccc1Nc1cc(C(=O)NC2CCCC2)nc(C)n1. The maximum atomic E-state index is 12.5. The van der Waals surface area contributed by atoms with Crippen molar-refractivity contribution >= 4 is 17.4 Å². The predicted octanol–water partition coefficient (Wildman–Crippen LogP) is 3.60. The largest absolute Gasteiger partial charge is 0.492 e. The summed E-state index contributed by atoms with van der Waals surface area (Å²) in [4.78, 5) is 21.1. The lowest BCUT2D eigenvalue weighted by molar-refractivity contribution is 0.0932. The van der Waals surface area contributed by atoms with E-state index in [1.165, 1.54) is 12.8 Å². The number of aromatic nitrogens is 2. The number of para-hydroxylation sites is 2. The van der Waals surface area contributed by atoms with Gasteiger partial charge in [-0.1, -0.05) is 25.0 Å². The first kappa shape index (κ1) is 17.2. The zero-order valence-electron chi connectivity index (χ0n) is 14.7. The monoisotopic (exact) mass is 340 g/mol. The van der Waals surface area contributed by atoms with Crippen LogP contribution in [0.3, 0.4) is 0 Å². The Balaban J connectivity index is 1.78. The first-order valence-corrected chi connectivity index (χ1v) is 8.81. The molecule has 1 aliphatic rings. The van der Waals surface area contributed by atoms with Crippen LogP contribution in [0.2, 0.25) is 0 Å². The van der Waals surface area contributed by atoms with E-state index in [2.05, 4.69) is 20.6 Å². The Labute approximate surface area is 148 Å². The van der Waals surface area contributed by atoms with Gasteiger partial charge in [-0.15, -0.1) is 0 Å². The molecule has 6 heteroatoms. The van der Waals surface area contributed by atoms with Crippen molar-refractivity contribution in [2.45, 2.75) is 45.6 Å². The second kappa shape index (κ2) is 7.96. The van der Waals surface area contributed by atoms with Crippen molar-refractivity contribution in [1.82, 2.24) is 15.3 Å². The first-order valence-electron chi connectivity index (χ1n) is 8.81. The number of benzene rings is 1. The highest BCUT2D eigenvalue weighted by Crippen LogP contribution is 2.27. The molecule has 3 rings (SSSR count). The number of amides is 1. The minimum atomic E-state index is -0.140. The van der Waals surface area contributed by atoms with Gasteiger partial charge in [-0.3, -0.25) is 4.79 Å². The lowest BCUT2D eigenvalue weighted by atomic mass is 10.2. The normalized spacial score (nSPS) is 14.3. The Morgan fingerprint density at radius 2 is 2.00 bits per heavy atom. The molecule has 0 saturated heterocycles. The molecule has 1 aliphatic carbocycles. The molecular weight excluding hydrogens is 316 g/mol. The number of hydrogen-bond donors (Lipinski definition) is 2. The van der Waals surface area contributed by atoms with Gasteiger partial charge >= 0.3 is 0 Å². The number of aryl methyl sites for hydroxylation is 1. The molecule has 132 valence electrons. The van der Waals surface area contributed by atoms with Gasteiger partial charge in [-0.2, -0.15) is 0 Å². The number of rotatable bonds is 6. The lowest BCUT2D eigenvalue weighted by Crippen LogP contribution is -2.33.